The lowest BCUT2D eigenvalue weighted by Gasteiger charge is -2.47. The van der Waals surface area contributed by atoms with E-state index in [1.54, 1.807) is 0 Å². The lowest BCUT2D eigenvalue weighted by molar-refractivity contribution is -0.148. The molecule has 0 aliphatic heterocycles. The number of aliphatic carboxylic acids is 1. The van der Waals surface area contributed by atoms with Gasteiger partial charge in [0.15, 0.2) is 0 Å². The molecule has 2 unspecified atom stereocenters. The Morgan fingerprint density at radius 3 is 2.39 bits per heavy atom. The Kier molecular flexibility index (Phi) is 4.16. The molecule has 0 aromatic carbocycles. The summed E-state index contributed by atoms with van der Waals surface area (Å²) in [5, 5.41) is 12.1. The second-order valence-electron chi connectivity index (χ2n) is 6.27. The summed E-state index contributed by atoms with van der Waals surface area (Å²) in [7, 11) is 0. The lowest BCUT2D eigenvalue weighted by Crippen LogP contribution is -2.51. The minimum Gasteiger partial charge on any atom is -0.481 e. The molecule has 2 N–H and O–H groups in total. The van der Waals surface area contributed by atoms with Gasteiger partial charge in [0.2, 0.25) is 0 Å². The average molecular weight is 349 g/mol. The zero-order chi connectivity index (χ0) is 16.8. The number of rotatable bonds is 3. The summed E-state index contributed by atoms with van der Waals surface area (Å²) in [6.07, 6.45) is -1.04. The van der Waals surface area contributed by atoms with Crippen LogP contribution in [0, 0.1) is 17.8 Å². The topological polar surface area (TPSA) is 62.2 Å². The zero-order valence-electron chi connectivity index (χ0n) is 12.1. The van der Waals surface area contributed by atoms with E-state index in [4.69, 9.17) is 11.6 Å². The van der Waals surface area contributed by atoms with Crippen molar-refractivity contribution in [3.8, 4) is 0 Å². The first-order chi connectivity index (χ1) is 10.8. The Bertz CT molecular complexity index is 615. The number of pyridine rings is 1. The van der Waals surface area contributed by atoms with Gasteiger partial charge in [-0.3, -0.25) is 4.79 Å². The number of fused-ring (bicyclic) bond motifs is 3. The van der Waals surface area contributed by atoms with Gasteiger partial charge in [-0.2, -0.15) is 13.2 Å². The SMILES string of the molecule is O=C(O)C1C2CCC(CC2)C1Nc1cc(C(F)(F)F)cc(Cl)n1. The number of alkyl halides is 3. The van der Waals surface area contributed by atoms with Gasteiger partial charge in [-0.1, -0.05) is 11.6 Å². The molecule has 0 amide bonds. The van der Waals surface area contributed by atoms with Gasteiger partial charge < -0.3 is 10.4 Å². The first kappa shape index (κ1) is 16.4. The molecule has 3 fully saturated rings. The second-order valence-corrected chi connectivity index (χ2v) is 6.66. The van der Waals surface area contributed by atoms with E-state index in [9.17, 15) is 23.1 Å². The number of nitrogens with one attached hydrogen (secondary N) is 1. The molecule has 2 atom stereocenters. The number of halogens is 4. The zero-order valence-corrected chi connectivity index (χ0v) is 12.9. The van der Waals surface area contributed by atoms with Gasteiger partial charge in [-0.15, -0.1) is 0 Å². The van der Waals surface area contributed by atoms with Gasteiger partial charge in [-0.25, -0.2) is 4.98 Å². The van der Waals surface area contributed by atoms with Crippen molar-refractivity contribution in [2.75, 3.05) is 5.32 Å². The molecule has 2 bridgehead atoms. The lowest BCUT2D eigenvalue weighted by atomic mass is 9.61. The fourth-order valence-electron chi connectivity index (χ4n) is 3.92. The molecule has 1 aromatic rings. The highest BCUT2D eigenvalue weighted by molar-refractivity contribution is 6.29. The van der Waals surface area contributed by atoms with Gasteiger partial charge in [-0.05, 0) is 49.7 Å². The van der Waals surface area contributed by atoms with Crippen LogP contribution in [0.4, 0.5) is 19.0 Å². The molecule has 4 nitrogen and oxygen atoms in total. The van der Waals surface area contributed by atoms with E-state index in [0.29, 0.717) is 0 Å². The van der Waals surface area contributed by atoms with Crippen molar-refractivity contribution in [1.29, 1.82) is 0 Å². The predicted molar refractivity (Wildman–Crippen MR) is 78.2 cm³/mol. The van der Waals surface area contributed by atoms with Gasteiger partial charge in [0.25, 0.3) is 0 Å². The molecule has 1 heterocycles. The minimum atomic E-state index is -4.53. The van der Waals surface area contributed by atoms with Crippen molar-refractivity contribution in [3.05, 3.63) is 22.8 Å². The number of anilines is 1. The van der Waals surface area contributed by atoms with Crippen molar-refractivity contribution in [2.45, 2.75) is 37.9 Å². The van der Waals surface area contributed by atoms with Crippen LogP contribution in [0.25, 0.3) is 0 Å². The number of aromatic nitrogens is 1. The van der Waals surface area contributed by atoms with Gasteiger partial charge in [0.05, 0.1) is 11.5 Å². The van der Waals surface area contributed by atoms with Crippen LogP contribution in [0.2, 0.25) is 5.15 Å². The van der Waals surface area contributed by atoms with Crippen molar-refractivity contribution in [3.63, 3.8) is 0 Å². The fraction of sp³-hybridized carbons (Fsp3) is 0.600. The normalized spacial score (nSPS) is 30.3. The Hall–Kier alpha value is -1.50. The largest absolute Gasteiger partial charge is 0.481 e. The average Bonchev–Trinajstić information content (AvgIpc) is 2.46. The highest BCUT2D eigenvalue weighted by Gasteiger charge is 2.47. The summed E-state index contributed by atoms with van der Waals surface area (Å²) in [5.41, 5.74) is -0.896. The van der Waals surface area contributed by atoms with E-state index >= 15 is 0 Å². The van der Waals surface area contributed by atoms with Gasteiger partial charge in [0, 0.05) is 6.04 Å². The van der Waals surface area contributed by atoms with Crippen LogP contribution >= 0.6 is 11.6 Å². The smallest absolute Gasteiger partial charge is 0.416 e. The number of hydrogen-bond acceptors (Lipinski definition) is 3. The molecule has 23 heavy (non-hydrogen) atoms. The molecule has 0 radical (unpaired) electrons. The van der Waals surface area contributed by atoms with Crippen molar-refractivity contribution in [2.24, 2.45) is 17.8 Å². The Balaban J connectivity index is 1.88. The maximum atomic E-state index is 12.9. The number of nitrogens with zero attached hydrogens (tertiary/aromatic N) is 1. The molecular weight excluding hydrogens is 333 g/mol. The van der Waals surface area contributed by atoms with E-state index in [2.05, 4.69) is 10.3 Å². The molecular formula is C15H16ClF3N2O2. The molecule has 1 aromatic heterocycles. The molecule has 8 heteroatoms. The van der Waals surface area contributed by atoms with Crippen LogP contribution in [-0.4, -0.2) is 22.1 Å². The molecule has 126 valence electrons. The van der Waals surface area contributed by atoms with Crippen LogP contribution in [0.15, 0.2) is 12.1 Å². The third-order valence-corrected chi connectivity index (χ3v) is 5.13. The summed E-state index contributed by atoms with van der Waals surface area (Å²) in [5.74, 6) is -1.33. The first-order valence-corrected chi connectivity index (χ1v) is 7.87. The first-order valence-electron chi connectivity index (χ1n) is 7.50. The van der Waals surface area contributed by atoms with Crippen LogP contribution in [0.3, 0.4) is 0 Å². The third-order valence-electron chi connectivity index (χ3n) is 4.94. The summed E-state index contributed by atoms with van der Waals surface area (Å²) < 4.78 is 38.6. The molecule has 0 spiro atoms. The van der Waals surface area contributed by atoms with Gasteiger partial charge >= 0.3 is 12.1 Å². The number of carboxylic acids is 1. The predicted octanol–water partition coefficient (Wildman–Crippen LogP) is 4.06. The van der Waals surface area contributed by atoms with E-state index in [-0.39, 0.29) is 22.8 Å². The number of carboxylic acid groups (broad SMARTS) is 1. The van der Waals surface area contributed by atoms with E-state index in [1.807, 2.05) is 0 Å². The summed E-state index contributed by atoms with van der Waals surface area (Å²) >= 11 is 5.68. The van der Waals surface area contributed by atoms with E-state index < -0.39 is 29.7 Å². The fourth-order valence-corrected chi connectivity index (χ4v) is 4.13. The van der Waals surface area contributed by atoms with E-state index in [0.717, 1.165) is 37.8 Å². The highest BCUT2D eigenvalue weighted by atomic mass is 35.5. The summed E-state index contributed by atoms with van der Waals surface area (Å²) in [6, 6.07) is 1.23. The monoisotopic (exact) mass is 348 g/mol. The second kappa shape index (κ2) is 5.85. The molecule has 3 aliphatic rings. The van der Waals surface area contributed by atoms with Crippen molar-refractivity contribution in [1.82, 2.24) is 4.98 Å². The summed E-state index contributed by atoms with van der Waals surface area (Å²) in [6.45, 7) is 0. The molecule has 0 saturated heterocycles. The number of carbonyl (C=O) groups is 1. The molecule has 3 saturated carbocycles. The van der Waals surface area contributed by atoms with Crippen molar-refractivity contribution >= 4 is 23.4 Å². The summed E-state index contributed by atoms with van der Waals surface area (Å²) in [4.78, 5) is 15.5. The van der Waals surface area contributed by atoms with E-state index in [1.165, 1.54) is 0 Å². The Morgan fingerprint density at radius 1 is 1.22 bits per heavy atom. The Labute approximate surface area is 136 Å². The standard InChI is InChI=1S/C15H16ClF3N2O2/c16-10-5-9(15(17,18)19)6-11(20-10)21-13-8-3-1-7(2-4-8)12(13)14(22)23/h5-8,12-13H,1-4H2,(H,20,21)(H,22,23). The molecule has 4 rings (SSSR count). The van der Waals surface area contributed by atoms with Crippen molar-refractivity contribution < 1.29 is 23.1 Å². The Morgan fingerprint density at radius 2 is 1.83 bits per heavy atom. The highest BCUT2D eigenvalue weighted by Crippen LogP contribution is 2.46. The van der Waals surface area contributed by atoms with Crippen LogP contribution in [-0.2, 0) is 11.0 Å². The van der Waals surface area contributed by atoms with Crippen LogP contribution < -0.4 is 5.32 Å². The van der Waals surface area contributed by atoms with Crippen LogP contribution in [0.5, 0.6) is 0 Å². The van der Waals surface area contributed by atoms with Gasteiger partial charge in [0.1, 0.15) is 11.0 Å². The maximum Gasteiger partial charge on any atom is 0.416 e. The minimum absolute atomic E-state index is 0.0198. The quantitative estimate of drug-likeness (QED) is 0.809. The number of hydrogen-bond donors (Lipinski definition) is 2. The van der Waals surface area contributed by atoms with Crippen LogP contribution in [0.1, 0.15) is 31.2 Å². The maximum absolute atomic E-state index is 12.9. The molecule has 3 aliphatic carbocycles. The third kappa shape index (κ3) is 3.24.